The predicted octanol–water partition coefficient (Wildman–Crippen LogP) is 1.36. The van der Waals surface area contributed by atoms with E-state index in [1.54, 1.807) is 12.1 Å². The molecule has 1 unspecified atom stereocenters. The van der Waals surface area contributed by atoms with Crippen LogP contribution in [0.4, 0.5) is 13.2 Å². The van der Waals surface area contributed by atoms with Crippen molar-refractivity contribution in [2.45, 2.75) is 25.6 Å². The molecule has 1 heterocycles. The lowest BCUT2D eigenvalue weighted by Crippen LogP contribution is -2.37. The molecule has 0 amide bonds. The van der Waals surface area contributed by atoms with Crippen LogP contribution in [-0.2, 0) is 17.8 Å². The molecule has 0 N–H and O–H groups in total. The van der Waals surface area contributed by atoms with Crippen LogP contribution in [0.15, 0.2) is 24.3 Å². The van der Waals surface area contributed by atoms with Crippen molar-refractivity contribution in [1.29, 1.82) is 0 Å². The number of carbonyl (C=O) groups excluding carboxylic acids is 1. The summed E-state index contributed by atoms with van der Waals surface area (Å²) in [5, 5.41) is 10.7. The summed E-state index contributed by atoms with van der Waals surface area (Å²) in [6.07, 6.45) is -4.04. The van der Waals surface area contributed by atoms with E-state index in [9.17, 15) is 23.1 Å². The molecule has 20 heavy (non-hydrogen) atoms. The second kappa shape index (κ2) is 5.83. The predicted molar refractivity (Wildman–Crippen MR) is 64.6 cm³/mol. The first-order valence-electron chi connectivity index (χ1n) is 6.39. The van der Waals surface area contributed by atoms with E-state index >= 15 is 0 Å². The number of nitrogens with zero attached hydrogens (tertiary/aromatic N) is 1. The van der Waals surface area contributed by atoms with Gasteiger partial charge < -0.3 is 9.90 Å². The minimum atomic E-state index is -4.29. The Morgan fingerprint density at radius 3 is 2.55 bits per heavy atom. The minimum absolute atomic E-state index is 0.113. The van der Waals surface area contributed by atoms with Crippen LogP contribution in [0.3, 0.4) is 0 Å². The van der Waals surface area contributed by atoms with Gasteiger partial charge in [0, 0.05) is 19.1 Å². The van der Waals surface area contributed by atoms with Crippen molar-refractivity contribution < 1.29 is 23.1 Å². The molecule has 1 aliphatic rings. The van der Waals surface area contributed by atoms with Crippen LogP contribution in [-0.4, -0.2) is 30.1 Å². The molecule has 110 valence electrons. The Labute approximate surface area is 115 Å². The molecule has 0 saturated carbocycles. The van der Waals surface area contributed by atoms with Gasteiger partial charge >= 0.3 is 6.18 Å². The molecule has 0 radical (unpaired) electrons. The summed E-state index contributed by atoms with van der Waals surface area (Å²) in [5.74, 6) is -1.58. The highest BCUT2D eigenvalue weighted by Crippen LogP contribution is 2.26. The Kier molecular flexibility index (Phi) is 4.32. The highest BCUT2D eigenvalue weighted by molar-refractivity contribution is 5.64. The lowest BCUT2D eigenvalue weighted by Gasteiger charge is -2.25. The Bertz CT molecular complexity index is 488. The third-order valence-corrected chi connectivity index (χ3v) is 3.40. The molecule has 1 atom stereocenters. The second-order valence-electron chi connectivity index (χ2n) is 5.20. The quantitative estimate of drug-likeness (QED) is 0.843. The average Bonchev–Trinajstić information content (AvgIpc) is 2.43. The van der Waals surface area contributed by atoms with Crippen molar-refractivity contribution >= 4 is 5.97 Å². The number of aliphatic carboxylic acids is 1. The van der Waals surface area contributed by atoms with Crippen molar-refractivity contribution in [3.05, 3.63) is 35.4 Å². The largest absolute Gasteiger partial charge is 0.550 e. The first-order chi connectivity index (χ1) is 9.33. The van der Waals surface area contributed by atoms with E-state index in [-0.39, 0.29) is 25.4 Å². The Morgan fingerprint density at radius 1 is 1.30 bits per heavy atom. The van der Waals surface area contributed by atoms with Gasteiger partial charge in [-0.05, 0) is 29.9 Å². The fourth-order valence-corrected chi connectivity index (χ4v) is 2.70. The number of benzene rings is 1. The highest BCUT2D eigenvalue weighted by Gasteiger charge is 2.33. The lowest BCUT2D eigenvalue weighted by atomic mass is 9.95. The number of hydrogen-bond acceptors (Lipinski definition) is 3. The zero-order valence-corrected chi connectivity index (χ0v) is 10.8. The molecule has 0 aliphatic carbocycles. The van der Waals surface area contributed by atoms with Crippen molar-refractivity contribution in [2.24, 2.45) is 5.92 Å². The van der Waals surface area contributed by atoms with Gasteiger partial charge in [0.05, 0.1) is 6.54 Å². The van der Waals surface area contributed by atoms with Gasteiger partial charge in [-0.3, -0.25) is 4.90 Å². The molecule has 0 fully saturated rings. The van der Waals surface area contributed by atoms with Crippen molar-refractivity contribution in [2.75, 3.05) is 13.1 Å². The molecule has 3 nitrogen and oxygen atoms in total. The molecule has 0 aromatic heterocycles. The number of alkyl halides is 3. The standard InChI is InChI=1S/C14H16F3NO2/c15-14(16,17)9-18-7-10(6-13(19)20)5-11-3-1-2-4-12(11)8-18/h1-4,10H,5-9H2,(H,19,20)/p-1. The molecule has 1 aliphatic heterocycles. The van der Waals surface area contributed by atoms with E-state index in [1.807, 2.05) is 12.1 Å². The Morgan fingerprint density at radius 2 is 1.95 bits per heavy atom. The molecule has 1 aromatic rings. The zero-order valence-electron chi connectivity index (χ0n) is 10.8. The molecule has 0 spiro atoms. The van der Waals surface area contributed by atoms with Gasteiger partial charge in [0.2, 0.25) is 0 Å². The molecule has 1 aromatic carbocycles. The number of carboxylic acid groups (broad SMARTS) is 1. The molecule has 2 rings (SSSR count). The van der Waals surface area contributed by atoms with Gasteiger partial charge in [-0.25, -0.2) is 0 Å². The van der Waals surface area contributed by atoms with Crippen LogP contribution in [0.1, 0.15) is 17.5 Å². The summed E-state index contributed by atoms with van der Waals surface area (Å²) in [4.78, 5) is 12.0. The smallest absolute Gasteiger partial charge is 0.401 e. The topological polar surface area (TPSA) is 43.4 Å². The number of rotatable bonds is 3. The van der Waals surface area contributed by atoms with Crippen LogP contribution in [0.25, 0.3) is 0 Å². The van der Waals surface area contributed by atoms with E-state index in [0.29, 0.717) is 6.42 Å². The summed E-state index contributed by atoms with van der Waals surface area (Å²) in [6.45, 7) is -0.716. The third kappa shape index (κ3) is 4.23. The second-order valence-corrected chi connectivity index (χ2v) is 5.20. The molecule has 0 saturated heterocycles. The fraction of sp³-hybridized carbons (Fsp3) is 0.500. The van der Waals surface area contributed by atoms with E-state index in [0.717, 1.165) is 11.1 Å². The lowest BCUT2D eigenvalue weighted by molar-refractivity contribution is -0.306. The Balaban J connectivity index is 2.21. The van der Waals surface area contributed by atoms with Gasteiger partial charge in [0.25, 0.3) is 0 Å². The minimum Gasteiger partial charge on any atom is -0.550 e. The van der Waals surface area contributed by atoms with Gasteiger partial charge in [0.1, 0.15) is 0 Å². The van der Waals surface area contributed by atoms with Crippen LogP contribution in [0.2, 0.25) is 0 Å². The zero-order chi connectivity index (χ0) is 14.8. The van der Waals surface area contributed by atoms with Crippen LogP contribution in [0.5, 0.6) is 0 Å². The Hall–Kier alpha value is -1.56. The van der Waals surface area contributed by atoms with Gasteiger partial charge in [0.15, 0.2) is 0 Å². The number of halogens is 3. The van der Waals surface area contributed by atoms with Crippen LogP contribution < -0.4 is 5.11 Å². The van der Waals surface area contributed by atoms with Crippen LogP contribution in [0, 0.1) is 5.92 Å². The average molecular weight is 286 g/mol. The van der Waals surface area contributed by atoms with Gasteiger partial charge in [-0.2, -0.15) is 13.2 Å². The normalized spacial score (nSPS) is 20.2. The van der Waals surface area contributed by atoms with Gasteiger partial charge in [-0.15, -0.1) is 0 Å². The maximum absolute atomic E-state index is 12.6. The van der Waals surface area contributed by atoms with Gasteiger partial charge in [-0.1, -0.05) is 24.3 Å². The van der Waals surface area contributed by atoms with Crippen molar-refractivity contribution in [3.63, 3.8) is 0 Å². The van der Waals surface area contributed by atoms with Crippen molar-refractivity contribution in [3.8, 4) is 0 Å². The molecular formula is C14H15F3NO2-. The molecule has 0 bridgehead atoms. The number of hydrogen-bond donors (Lipinski definition) is 0. The summed E-state index contributed by atoms with van der Waals surface area (Å²) in [6, 6.07) is 7.23. The maximum atomic E-state index is 12.6. The first-order valence-corrected chi connectivity index (χ1v) is 6.39. The summed E-state index contributed by atoms with van der Waals surface area (Å²) >= 11 is 0. The van der Waals surface area contributed by atoms with E-state index in [1.165, 1.54) is 4.90 Å². The first kappa shape index (κ1) is 14.8. The molecular weight excluding hydrogens is 271 g/mol. The van der Waals surface area contributed by atoms with Crippen LogP contribution >= 0.6 is 0 Å². The monoisotopic (exact) mass is 286 g/mol. The van der Waals surface area contributed by atoms with E-state index < -0.39 is 18.7 Å². The third-order valence-electron chi connectivity index (χ3n) is 3.40. The maximum Gasteiger partial charge on any atom is 0.401 e. The summed E-state index contributed by atoms with van der Waals surface area (Å²) in [7, 11) is 0. The number of fused-ring (bicyclic) bond motifs is 1. The summed E-state index contributed by atoms with van der Waals surface area (Å²) in [5.41, 5.74) is 1.75. The molecule has 6 heteroatoms. The fourth-order valence-electron chi connectivity index (χ4n) is 2.70. The van der Waals surface area contributed by atoms with E-state index in [4.69, 9.17) is 0 Å². The number of carbonyl (C=O) groups is 1. The van der Waals surface area contributed by atoms with Crippen molar-refractivity contribution in [1.82, 2.24) is 4.90 Å². The number of carboxylic acids is 1. The summed E-state index contributed by atoms with van der Waals surface area (Å²) < 4.78 is 37.7. The SMILES string of the molecule is O=C([O-])CC1Cc2ccccc2CN(CC(F)(F)F)C1. The van der Waals surface area contributed by atoms with E-state index in [2.05, 4.69) is 0 Å². The highest BCUT2D eigenvalue weighted by atomic mass is 19.4.